The van der Waals surface area contributed by atoms with E-state index < -0.39 is 22.3 Å². The molecule has 1 aliphatic heterocycles. The molecule has 2 unspecified atom stereocenters. The lowest BCUT2D eigenvalue weighted by atomic mass is 10.2. The van der Waals surface area contributed by atoms with Crippen molar-refractivity contribution in [2.75, 3.05) is 6.26 Å². The molecule has 0 fully saturated rings. The normalized spacial score (nSPS) is 18.4. The summed E-state index contributed by atoms with van der Waals surface area (Å²) in [4.78, 5) is 12.5. The second-order valence-electron chi connectivity index (χ2n) is 5.40. The molecule has 1 amide bonds. The summed E-state index contributed by atoms with van der Waals surface area (Å²) in [7, 11) is -3.94. The third-order valence-electron chi connectivity index (χ3n) is 3.72. The van der Waals surface area contributed by atoms with Crippen molar-refractivity contribution in [2.24, 2.45) is 10.2 Å². The molecule has 0 aromatic heterocycles. The molecule has 10 heteroatoms. The van der Waals surface area contributed by atoms with Gasteiger partial charge in [0.05, 0.1) is 10.6 Å². The van der Waals surface area contributed by atoms with E-state index in [2.05, 4.69) is 15.5 Å². The van der Waals surface area contributed by atoms with Crippen molar-refractivity contribution < 1.29 is 13.6 Å². The van der Waals surface area contributed by atoms with Crippen molar-refractivity contribution in [3.8, 4) is 0 Å². The number of carbonyl (C=O) groups excluding carboxylic acids is 1. The van der Waals surface area contributed by atoms with Crippen molar-refractivity contribution in [1.82, 2.24) is 5.32 Å². The molecule has 1 aliphatic rings. The molecule has 140 valence electrons. The molecule has 6 nitrogen and oxygen atoms in total. The average Bonchev–Trinajstić information content (AvgIpc) is 3.05. The van der Waals surface area contributed by atoms with E-state index in [1.807, 2.05) is 0 Å². The number of halogens is 2. The van der Waals surface area contributed by atoms with Crippen LogP contribution in [0.15, 0.2) is 73.6 Å². The third kappa shape index (κ3) is 4.09. The van der Waals surface area contributed by atoms with E-state index in [9.17, 15) is 13.6 Å². The number of hydrogen-bond donors (Lipinski definition) is 1. The van der Waals surface area contributed by atoms with Gasteiger partial charge in [0.15, 0.2) is 9.92 Å². The smallest absolute Gasteiger partial charge is 0.254 e. The van der Waals surface area contributed by atoms with E-state index in [4.69, 9.17) is 23.2 Å². The van der Waals surface area contributed by atoms with Gasteiger partial charge in [-0.15, -0.1) is 16.9 Å². The molecule has 2 aromatic rings. The molecule has 0 bridgehead atoms. The number of rotatable bonds is 5. The first-order valence-electron chi connectivity index (χ1n) is 7.59. The number of amides is 1. The Morgan fingerprint density at radius 1 is 1.19 bits per heavy atom. The summed E-state index contributed by atoms with van der Waals surface area (Å²) in [5.41, 5.74) is 0.218. The zero-order valence-electron chi connectivity index (χ0n) is 13.9. The van der Waals surface area contributed by atoms with Gasteiger partial charge >= 0.3 is 0 Å². The first kappa shape index (κ1) is 20.0. The fourth-order valence-electron chi connectivity index (χ4n) is 2.41. The fraction of sp³-hybridized carbons (Fsp3) is 0.118. The predicted molar refractivity (Wildman–Crippen MR) is 107 cm³/mol. The van der Waals surface area contributed by atoms with E-state index >= 15 is 0 Å². The van der Waals surface area contributed by atoms with Crippen molar-refractivity contribution in [3.63, 3.8) is 0 Å². The van der Waals surface area contributed by atoms with Gasteiger partial charge in [-0.3, -0.25) is 4.79 Å². The minimum atomic E-state index is -3.94. The maximum Gasteiger partial charge on any atom is 0.254 e. The quantitative estimate of drug-likeness (QED) is 0.677. The highest BCUT2D eigenvalue weighted by Gasteiger charge is 2.41. The van der Waals surface area contributed by atoms with E-state index in [1.165, 1.54) is 30.3 Å². The molecule has 1 N–H and O–H groups in total. The number of thioether (sulfide) groups is 1. The summed E-state index contributed by atoms with van der Waals surface area (Å²) in [5, 5.41) is 11.3. The van der Waals surface area contributed by atoms with Crippen LogP contribution in [0.1, 0.15) is 10.4 Å². The van der Waals surface area contributed by atoms with Crippen LogP contribution in [-0.4, -0.2) is 22.9 Å². The molecule has 2 atom stereocenters. The molecule has 3 rings (SSSR count). The Bertz CT molecular complexity index is 993. The number of sulfone groups is 1. The van der Waals surface area contributed by atoms with Gasteiger partial charge in [-0.05, 0) is 42.7 Å². The maximum atomic E-state index is 13.1. The number of benzene rings is 2. The molecular formula is C17H13Cl2N3O3S2. The second kappa shape index (κ2) is 8.12. The molecule has 0 radical (unpaired) electrons. The highest BCUT2D eigenvalue weighted by Crippen LogP contribution is 2.38. The first-order valence-corrected chi connectivity index (χ1v) is 11.1. The van der Waals surface area contributed by atoms with Gasteiger partial charge in [0.2, 0.25) is 11.1 Å². The molecule has 0 saturated carbocycles. The van der Waals surface area contributed by atoms with Crippen LogP contribution in [0.3, 0.4) is 0 Å². The minimum absolute atomic E-state index is 0.0396. The van der Waals surface area contributed by atoms with Gasteiger partial charge in [-0.25, -0.2) is 0 Å². The topological polar surface area (TPSA) is 93.9 Å². The zero-order chi connectivity index (χ0) is 19.6. The second-order valence-corrected chi connectivity index (χ2v) is 8.96. The third-order valence-corrected chi connectivity index (χ3v) is 7.00. The lowest BCUT2D eigenvalue weighted by molar-refractivity contribution is 0.0945. The summed E-state index contributed by atoms with van der Waals surface area (Å²) >= 11 is 13.0. The molecule has 1 heterocycles. The van der Waals surface area contributed by atoms with E-state index in [0.717, 1.165) is 11.8 Å². The van der Waals surface area contributed by atoms with Crippen molar-refractivity contribution >= 4 is 51.1 Å². The number of nitrogens with one attached hydrogen (secondary N) is 1. The van der Waals surface area contributed by atoms with Crippen LogP contribution in [0.25, 0.3) is 0 Å². The van der Waals surface area contributed by atoms with Crippen LogP contribution in [0.4, 0.5) is 0 Å². The van der Waals surface area contributed by atoms with E-state index in [1.54, 1.807) is 24.5 Å². The van der Waals surface area contributed by atoms with Gasteiger partial charge < -0.3 is 9.87 Å². The highest BCUT2D eigenvalue weighted by atomic mass is 35.5. The lowest BCUT2D eigenvalue weighted by Crippen LogP contribution is -2.37. The molecule has 27 heavy (non-hydrogen) atoms. The Morgan fingerprint density at radius 2 is 1.85 bits per heavy atom. The summed E-state index contributed by atoms with van der Waals surface area (Å²) in [6.07, 6.45) is 0.543. The fourth-order valence-corrected chi connectivity index (χ4v) is 5.20. The Kier molecular flexibility index (Phi) is 6.02. The van der Waals surface area contributed by atoms with Crippen LogP contribution in [0.2, 0.25) is 10.0 Å². The van der Waals surface area contributed by atoms with Crippen molar-refractivity contribution in [1.29, 1.82) is 0 Å². The monoisotopic (exact) mass is 441 g/mol. The summed E-state index contributed by atoms with van der Waals surface area (Å²) in [6, 6.07) is 12.2. The Morgan fingerprint density at radius 3 is 2.48 bits per heavy atom. The van der Waals surface area contributed by atoms with Crippen molar-refractivity contribution in [2.45, 2.75) is 11.1 Å². The highest BCUT2D eigenvalue weighted by molar-refractivity contribution is 8.05. The number of hydrogen-bond acceptors (Lipinski definition) is 6. The molecular weight excluding hydrogens is 429 g/mol. The summed E-state index contributed by atoms with van der Waals surface area (Å²) in [5.74, 6) is -0.546. The number of carbonyl (C=O) groups is 1. The van der Waals surface area contributed by atoms with Crippen LogP contribution in [0.5, 0.6) is 0 Å². The summed E-state index contributed by atoms with van der Waals surface area (Å²) < 4.78 is 26.2. The van der Waals surface area contributed by atoms with Crippen molar-refractivity contribution in [3.05, 3.63) is 74.1 Å². The van der Waals surface area contributed by atoms with Crippen LogP contribution in [0, 0.1) is 0 Å². The average molecular weight is 442 g/mol. The van der Waals surface area contributed by atoms with Gasteiger partial charge in [-0.1, -0.05) is 39.5 Å². The zero-order valence-corrected chi connectivity index (χ0v) is 17.0. The minimum Gasteiger partial charge on any atom is -0.605 e. The Hall–Kier alpha value is -1.71. The number of azo groups is 1. The van der Waals surface area contributed by atoms with E-state index in [0.29, 0.717) is 5.02 Å². The Labute approximate surface area is 171 Å². The van der Waals surface area contributed by atoms with Gasteiger partial charge in [-0.2, -0.15) is 5.11 Å². The molecule has 2 aromatic carbocycles. The van der Waals surface area contributed by atoms with Crippen LogP contribution >= 0.6 is 35.0 Å². The van der Waals surface area contributed by atoms with Gasteiger partial charge in [0.25, 0.3) is 5.91 Å². The van der Waals surface area contributed by atoms with Gasteiger partial charge in [0, 0.05) is 5.02 Å². The van der Waals surface area contributed by atoms with E-state index in [-0.39, 0.29) is 25.4 Å². The predicted octanol–water partition coefficient (Wildman–Crippen LogP) is 4.74. The Balaban J connectivity index is 1.95. The maximum absolute atomic E-state index is 13.1. The largest absolute Gasteiger partial charge is 0.605 e. The summed E-state index contributed by atoms with van der Waals surface area (Å²) in [6.45, 7) is 0. The molecule has 0 spiro atoms. The lowest BCUT2D eigenvalue weighted by Gasteiger charge is -2.20. The SMILES string of the molecule is CSC1=C([S+](=O)([O-])c2ccc(Cl)cc2)C(NC(=O)c2ccccc2Cl)N=N1. The molecule has 0 saturated heterocycles. The standard InChI is InChI=1S/C17H13Cl2N3O3S2/c1-26-17-14(27(24,25)11-8-6-10(18)7-9-11)15(21-22-17)20-16(23)12-4-2-3-5-13(12)19/h2-9,15H,1H3,(H-,20,23,24,25). The van der Waals surface area contributed by atoms with Crippen LogP contribution in [-0.2, 0) is 14.4 Å². The number of nitrogens with zero attached hydrogens (tertiary/aromatic N) is 2. The molecule has 0 aliphatic carbocycles. The van der Waals surface area contributed by atoms with Gasteiger partial charge in [0.1, 0.15) is 10.2 Å². The van der Waals surface area contributed by atoms with Crippen LogP contribution < -0.4 is 5.32 Å². The first-order chi connectivity index (χ1) is 12.8.